The lowest BCUT2D eigenvalue weighted by Crippen LogP contribution is -2.42. The van der Waals surface area contributed by atoms with Crippen molar-refractivity contribution in [3.63, 3.8) is 0 Å². The molecule has 18 heavy (non-hydrogen) atoms. The second kappa shape index (κ2) is 5.77. The SMILES string of the molecule is CSc1ccccc1NC(=O)C(C)(C)/C(N)=N/O. The third-order valence-electron chi connectivity index (χ3n) is 2.67. The first-order valence-electron chi connectivity index (χ1n) is 5.36. The maximum Gasteiger partial charge on any atom is 0.237 e. The lowest BCUT2D eigenvalue weighted by Gasteiger charge is -2.22. The fourth-order valence-corrected chi connectivity index (χ4v) is 1.82. The zero-order valence-electron chi connectivity index (χ0n) is 10.6. The number of thioether (sulfide) groups is 1. The molecule has 0 aliphatic heterocycles. The molecule has 0 bridgehead atoms. The van der Waals surface area contributed by atoms with Crippen LogP contribution in [-0.4, -0.2) is 23.2 Å². The number of para-hydroxylation sites is 1. The van der Waals surface area contributed by atoms with Gasteiger partial charge in [-0.25, -0.2) is 0 Å². The molecule has 0 unspecified atom stereocenters. The second-order valence-electron chi connectivity index (χ2n) is 4.26. The van der Waals surface area contributed by atoms with Gasteiger partial charge in [-0.15, -0.1) is 11.8 Å². The van der Waals surface area contributed by atoms with Crippen LogP contribution < -0.4 is 11.1 Å². The molecule has 0 radical (unpaired) electrons. The van der Waals surface area contributed by atoms with Crippen LogP contribution in [-0.2, 0) is 4.79 Å². The Bertz CT molecular complexity index is 472. The lowest BCUT2D eigenvalue weighted by atomic mass is 9.91. The van der Waals surface area contributed by atoms with Crippen molar-refractivity contribution in [2.75, 3.05) is 11.6 Å². The first-order valence-corrected chi connectivity index (χ1v) is 6.58. The number of amidine groups is 1. The average molecular weight is 267 g/mol. The lowest BCUT2D eigenvalue weighted by molar-refractivity contribution is -0.121. The van der Waals surface area contributed by atoms with Crippen LogP contribution >= 0.6 is 11.8 Å². The predicted molar refractivity (Wildman–Crippen MR) is 74.0 cm³/mol. The number of nitrogens with one attached hydrogen (secondary N) is 1. The first-order chi connectivity index (χ1) is 8.43. The molecule has 0 fully saturated rings. The quantitative estimate of drug-likeness (QED) is 0.256. The number of amides is 1. The Morgan fingerprint density at radius 2 is 2.06 bits per heavy atom. The van der Waals surface area contributed by atoms with Crippen molar-refractivity contribution >= 4 is 29.2 Å². The minimum Gasteiger partial charge on any atom is -0.409 e. The Morgan fingerprint density at radius 1 is 1.44 bits per heavy atom. The normalized spacial score (nSPS) is 12.3. The summed E-state index contributed by atoms with van der Waals surface area (Å²) in [6.07, 6.45) is 1.93. The minimum absolute atomic E-state index is 0.123. The van der Waals surface area contributed by atoms with Crippen LogP contribution in [0.4, 0.5) is 5.69 Å². The van der Waals surface area contributed by atoms with Gasteiger partial charge in [0.15, 0.2) is 5.84 Å². The van der Waals surface area contributed by atoms with E-state index in [0.717, 1.165) is 4.90 Å². The highest BCUT2D eigenvalue weighted by Crippen LogP contribution is 2.26. The van der Waals surface area contributed by atoms with Gasteiger partial charge in [0, 0.05) is 4.90 Å². The number of benzene rings is 1. The third kappa shape index (κ3) is 2.95. The molecule has 0 aromatic heterocycles. The summed E-state index contributed by atoms with van der Waals surface area (Å²) in [5.41, 5.74) is 5.16. The maximum absolute atomic E-state index is 12.1. The number of carbonyl (C=O) groups excluding carboxylic acids is 1. The monoisotopic (exact) mass is 267 g/mol. The Hall–Kier alpha value is -1.69. The number of hydrogen-bond donors (Lipinski definition) is 3. The van der Waals surface area contributed by atoms with E-state index in [0.29, 0.717) is 5.69 Å². The summed E-state index contributed by atoms with van der Waals surface area (Å²) in [5.74, 6) is -0.444. The molecule has 0 heterocycles. The molecule has 1 aromatic rings. The van der Waals surface area contributed by atoms with Crippen LogP contribution in [0, 0.1) is 5.41 Å². The predicted octanol–water partition coefficient (Wildman–Crippen LogP) is 2.12. The molecule has 5 nitrogen and oxygen atoms in total. The summed E-state index contributed by atoms with van der Waals surface area (Å²) in [7, 11) is 0. The van der Waals surface area contributed by atoms with Crippen molar-refractivity contribution in [1.82, 2.24) is 0 Å². The smallest absolute Gasteiger partial charge is 0.237 e. The van der Waals surface area contributed by atoms with Gasteiger partial charge >= 0.3 is 0 Å². The summed E-state index contributed by atoms with van der Waals surface area (Å²) in [4.78, 5) is 13.1. The average Bonchev–Trinajstić information content (AvgIpc) is 2.38. The fourth-order valence-electron chi connectivity index (χ4n) is 1.27. The van der Waals surface area contributed by atoms with Crippen molar-refractivity contribution in [2.45, 2.75) is 18.7 Å². The van der Waals surface area contributed by atoms with Crippen molar-refractivity contribution < 1.29 is 10.0 Å². The molecule has 4 N–H and O–H groups in total. The highest BCUT2D eigenvalue weighted by Gasteiger charge is 2.33. The van der Waals surface area contributed by atoms with E-state index in [-0.39, 0.29) is 11.7 Å². The molecule has 0 spiro atoms. The number of nitrogens with two attached hydrogens (primary N) is 1. The van der Waals surface area contributed by atoms with Crippen LogP contribution in [0.2, 0.25) is 0 Å². The van der Waals surface area contributed by atoms with E-state index in [4.69, 9.17) is 10.9 Å². The first kappa shape index (κ1) is 14.4. The molecule has 98 valence electrons. The minimum atomic E-state index is -1.07. The number of hydrogen-bond acceptors (Lipinski definition) is 4. The van der Waals surface area contributed by atoms with Gasteiger partial charge in [-0.05, 0) is 32.2 Å². The molecular formula is C12H17N3O2S. The number of rotatable bonds is 4. The van der Waals surface area contributed by atoms with Gasteiger partial charge in [0.05, 0.1) is 5.69 Å². The summed E-state index contributed by atoms with van der Waals surface area (Å²) in [6.45, 7) is 3.19. The highest BCUT2D eigenvalue weighted by atomic mass is 32.2. The van der Waals surface area contributed by atoms with Crippen LogP contribution in [0.3, 0.4) is 0 Å². The third-order valence-corrected chi connectivity index (χ3v) is 3.47. The van der Waals surface area contributed by atoms with Gasteiger partial charge in [-0.1, -0.05) is 17.3 Å². The van der Waals surface area contributed by atoms with Crippen LogP contribution in [0.1, 0.15) is 13.8 Å². The van der Waals surface area contributed by atoms with Gasteiger partial charge in [0.1, 0.15) is 5.41 Å². The van der Waals surface area contributed by atoms with Crippen molar-refractivity contribution in [2.24, 2.45) is 16.3 Å². The van der Waals surface area contributed by atoms with Gasteiger partial charge in [0.2, 0.25) is 5.91 Å². The Balaban J connectivity index is 2.95. The van der Waals surface area contributed by atoms with Crippen LogP contribution in [0.25, 0.3) is 0 Å². The zero-order chi connectivity index (χ0) is 13.8. The van der Waals surface area contributed by atoms with E-state index in [9.17, 15) is 4.79 Å². The van der Waals surface area contributed by atoms with Crippen molar-refractivity contribution in [3.8, 4) is 0 Å². The summed E-state index contributed by atoms with van der Waals surface area (Å²) < 4.78 is 0. The van der Waals surface area contributed by atoms with E-state index < -0.39 is 5.41 Å². The second-order valence-corrected chi connectivity index (χ2v) is 5.11. The molecule has 0 saturated heterocycles. The molecule has 6 heteroatoms. The molecule has 1 amide bonds. The number of oxime groups is 1. The molecule has 0 saturated carbocycles. The van der Waals surface area contributed by atoms with E-state index in [1.807, 2.05) is 30.5 Å². The van der Waals surface area contributed by atoms with E-state index in [1.165, 1.54) is 11.8 Å². The van der Waals surface area contributed by atoms with Crippen molar-refractivity contribution in [3.05, 3.63) is 24.3 Å². The Labute approximate surface area is 110 Å². The molecule has 1 rings (SSSR count). The van der Waals surface area contributed by atoms with Crippen LogP contribution in [0.15, 0.2) is 34.3 Å². The Kier molecular flexibility index (Phi) is 4.61. The number of nitrogens with zero attached hydrogens (tertiary/aromatic N) is 1. The van der Waals surface area contributed by atoms with E-state index in [1.54, 1.807) is 13.8 Å². The largest absolute Gasteiger partial charge is 0.409 e. The van der Waals surface area contributed by atoms with Gasteiger partial charge in [-0.2, -0.15) is 0 Å². The fraction of sp³-hybridized carbons (Fsp3) is 0.333. The van der Waals surface area contributed by atoms with E-state index in [2.05, 4.69) is 10.5 Å². The molecule has 0 aliphatic rings. The molecular weight excluding hydrogens is 250 g/mol. The summed E-state index contributed by atoms with van der Waals surface area (Å²) >= 11 is 1.54. The Morgan fingerprint density at radius 3 is 2.61 bits per heavy atom. The summed E-state index contributed by atoms with van der Waals surface area (Å²) in [6, 6.07) is 7.46. The number of anilines is 1. The topological polar surface area (TPSA) is 87.7 Å². The maximum atomic E-state index is 12.1. The molecule has 0 aliphatic carbocycles. The van der Waals surface area contributed by atoms with Crippen LogP contribution in [0.5, 0.6) is 0 Å². The van der Waals surface area contributed by atoms with Gasteiger partial charge < -0.3 is 16.3 Å². The molecule has 0 atom stereocenters. The highest BCUT2D eigenvalue weighted by molar-refractivity contribution is 7.98. The summed E-state index contributed by atoms with van der Waals surface area (Å²) in [5, 5.41) is 14.3. The molecule has 1 aromatic carbocycles. The zero-order valence-corrected chi connectivity index (χ0v) is 11.4. The van der Waals surface area contributed by atoms with E-state index >= 15 is 0 Å². The number of carbonyl (C=O) groups is 1. The van der Waals surface area contributed by atoms with Gasteiger partial charge in [-0.3, -0.25) is 4.79 Å². The standard InChI is InChI=1S/C12H17N3O2S/c1-12(2,10(13)15-17)11(16)14-8-6-4-5-7-9(8)18-3/h4-7,17H,1-3H3,(H2,13,15)(H,14,16). The van der Waals surface area contributed by atoms with Crippen molar-refractivity contribution in [1.29, 1.82) is 0 Å². The van der Waals surface area contributed by atoms with Gasteiger partial charge in [0.25, 0.3) is 0 Å².